The van der Waals surface area contributed by atoms with E-state index < -0.39 is 0 Å². The van der Waals surface area contributed by atoms with Crippen molar-refractivity contribution in [2.75, 3.05) is 20.6 Å². The summed E-state index contributed by atoms with van der Waals surface area (Å²) in [6, 6.07) is 5.55. The van der Waals surface area contributed by atoms with Crippen molar-refractivity contribution >= 4 is 17.2 Å². The second kappa shape index (κ2) is 7.32. The number of hydrogen-bond acceptors (Lipinski definition) is 4. The Morgan fingerprint density at radius 3 is 2.92 bits per heavy atom. The van der Waals surface area contributed by atoms with E-state index in [1.165, 1.54) is 16.9 Å². The Balaban J connectivity index is 1.73. The topological polar surface area (TPSA) is 54.3 Å². The minimum Gasteiger partial charge on any atom is -0.349 e. The number of nitrogens with zero attached hydrogens (tertiary/aromatic N) is 2. The highest BCUT2D eigenvalue weighted by Gasteiger charge is 2.23. The Labute approximate surface area is 145 Å². The number of likely N-dealkylation sites (N-methyl/N-ethyl adjacent to an activating group) is 1. The van der Waals surface area contributed by atoms with Gasteiger partial charge in [-0.2, -0.15) is 11.3 Å². The smallest absolute Gasteiger partial charge is 0.252 e. The number of carbonyl (C=O) groups excluding carboxylic acids is 1. The van der Waals surface area contributed by atoms with E-state index in [0.717, 1.165) is 37.1 Å². The summed E-state index contributed by atoms with van der Waals surface area (Å²) in [5, 5.41) is 6.90. The van der Waals surface area contributed by atoms with Crippen molar-refractivity contribution < 1.29 is 4.79 Å². The van der Waals surface area contributed by atoms with Crippen LogP contribution in [0.5, 0.6) is 0 Å². The maximum absolute atomic E-state index is 12.2. The molecule has 0 unspecified atom stereocenters. The monoisotopic (exact) mass is 345 g/mol. The molecular weight excluding hydrogens is 322 g/mol. The van der Waals surface area contributed by atoms with Crippen LogP contribution in [0.25, 0.3) is 0 Å². The number of rotatable bonds is 5. The van der Waals surface area contributed by atoms with Crippen LogP contribution in [-0.2, 0) is 19.4 Å². The molecule has 0 saturated heterocycles. The van der Waals surface area contributed by atoms with Crippen LogP contribution in [0.4, 0.5) is 0 Å². The molecule has 2 aromatic rings. The first kappa shape index (κ1) is 16.9. The van der Waals surface area contributed by atoms with Gasteiger partial charge >= 0.3 is 0 Å². The zero-order valence-corrected chi connectivity index (χ0v) is 14.9. The number of nitrogens with one attached hydrogen (secondary N) is 1. The normalized spacial score (nSPS) is 16.9. The summed E-state index contributed by atoms with van der Waals surface area (Å²) >= 11 is 1.53. The quantitative estimate of drug-likeness (QED) is 0.898. The summed E-state index contributed by atoms with van der Waals surface area (Å²) < 4.78 is 1.90. The second-order valence-corrected chi connectivity index (χ2v) is 7.30. The molecule has 1 amide bonds. The van der Waals surface area contributed by atoms with Crippen molar-refractivity contribution in [3.05, 3.63) is 56.1 Å². The third-order valence-electron chi connectivity index (χ3n) is 4.47. The lowest BCUT2D eigenvalue weighted by molar-refractivity contribution is 0.0934. The molecule has 6 heteroatoms. The van der Waals surface area contributed by atoms with Gasteiger partial charge in [0.2, 0.25) is 0 Å². The molecule has 5 nitrogen and oxygen atoms in total. The van der Waals surface area contributed by atoms with E-state index in [-0.39, 0.29) is 17.5 Å². The van der Waals surface area contributed by atoms with Gasteiger partial charge in [0.15, 0.2) is 0 Å². The van der Waals surface area contributed by atoms with Gasteiger partial charge in [0.05, 0.1) is 0 Å². The second-order valence-electron chi connectivity index (χ2n) is 6.52. The largest absolute Gasteiger partial charge is 0.349 e. The van der Waals surface area contributed by atoms with E-state index in [0.29, 0.717) is 6.54 Å². The van der Waals surface area contributed by atoms with Gasteiger partial charge in [0, 0.05) is 41.8 Å². The highest BCUT2D eigenvalue weighted by molar-refractivity contribution is 7.08. The van der Waals surface area contributed by atoms with E-state index in [4.69, 9.17) is 0 Å². The van der Waals surface area contributed by atoms with Crippen molar-refractivity contribution in [3.63, 3.8) is 0 Å². The highest BCUT2D eigenvalue weighted by Crippen LogP contribution is 2.21. The predicted octanol–water partition coefficient (Wildman–Crippen LogP) is 1.76. The van der Waals surface area contributed by atoms with Crippen LogP contribution in [0.3, 0.4) is 0 Å². The lowest BCUT2D eigenvalue weighted by Crippen LogP contribution is -2.40. The molecule has 2 heterocycles. The summed E-state index contributed by atoms with van der Waals surface area (Å²) in [6.07, 6.45) is 2.48. The molecule has 24 heavy (non-hydrogen) atoms. The molecule has 0 fully saturated rings. The van der Waals surface area contributed by atoms with Gasteiger partial charge in [-0.05, 0) is 50.4 Å². The molecule has 2 aromatic heterocycles. The van der Waals surface area contributed by atoms with Crippen LogP contribution >= 0.6 is 11.3 Å². The Morgan fingerprint density at radius 2 is 2.21 bits per heavy atom. The van der Waals surface area contributed by atoms with Crippen molar-refractivity contribution in [1.82, 2.24) is 14.8 Å². The van der Waals surface area contributed by atoms with Crippen molar-refractivity contribution in [1.29, 1.82) is 0 Å². The summed E-state index contributed by atoms with van der Waals surface area (Å²) in [5.74, 6) is -0.00868. The number of amides is 1. The van der Waals surface area contributed by atoms with Crippen molar-refractivity contribution in [2.24, 2.45) is 0 Å². The van der Waals surface area contributed by atoms with Gasteiger partial charge in [-0.3, -0.25) is 9.59 Å². The Morgan fingerprint density at radius 1 is 1.38 bits per heavy atom. The van der Waals surface area contributed by atoms with Crippen LogP contribution in [0.1, 0.15) is 28.0 Å². The SMILES string of the molecule is CN(C)CCn1c2c(ccc1=O)C[C@H](NC(=O)c1ccsc1)CC2. The molecule has 0 spiro atoms. The molecule has 128 valence electrons. The molecule has 0 aromatic carbocycles. The molecule has 3 rings (SSSR count). The fourth-order valence-corrected chi connectivity index (χ4v) is 3.79. The van der Waals surface area contributed by atoms with Crippen LogP contribution in [-0.4, -0.2) is 42.1 Å². The maximum Gasteiger partial charge on any atom is 0.252 e. The fourth-order valence-electron chi connectivity index (χ4n) is 3.15. The van der Waals surface area contributed by atoms with E-state index in [1.807, 2.05) is 41.6 Å². The van der Waals surface area contributed by atoms with Gasteiger partial charge in [-0.25, -0.2) is 0 Å². The van der Waals surface area contributed by atoms with Crippen LogP contribution in [0, 0.1) is 0 Å². The molecule has 1 aliphatic carbocycles. The number of fused-ring (bicyclic) bond motifs is 1. The minimum atomic E-state index is -0.00868. The predicted molar refractivity (Wildman–Crippen MR) is 96.9 cm³/mol. The van der Waals surface area contributed by atoms with Crippen LogP contribution in [0.15, 0.2) is 33.8 Å². The lowest BCUT2D eigenvalue weighted by Gasteiger charge is -2.28. The molecule has 0 bridgehead atoms. The van der Waals surface area contributed by atoms with Crippen molar-refractivity contribution in [2.45, 2.75) is 31.8 Å². The van der Waals surface area contributed by atoms with Crippen molar-refractivity contribution in [3.8, 4) is 0 Å². The number of pyridine rings is 1. The zero-order chi connectivity index (χ0) is 17.1. The number of carbonyl (C=O) groups is 1. The fraction of sp³-hybridized carbons (Fsp3) is 0.444. The van der Waals surface area contributed by atoms with Gasteiger partial charge in [-0.1, -0.05) is 6.07 Å². The minimum absolute atomic E-state index is 0.00868. The van der Waals surface area contributed by atoms with Gasteiger partial charge in [0.1, 0.15) is 0 Å². The van der Waals surface area contributed by atoms with E-state index in [9.17, 15) is 9.59 Å². The van der Waals surface area contributed by atoms with Crippen LogP contribution < -0.4 is 10.9 Å². The molecule has 1 aliphatic rings. The van der Waals surface area contributed by atoms with E-state index >= 15 is 0 Å². The first-order valence-electron chi connectivity index (χ1n) is 8.24. The average Bonchev–Trinajstić information content (AvgIpc) is 3.08. The standard InChI is InChI=1S/C18H23N3O2S/c1-20(2)8-9-21-16-5-4-15(11-13(16)3-6-17(21)22)19-18(23)14-7-10-24-12-14/h3,6-7,10,12,15H,4-5,8-9,11H2,1-2H3,(H,19,23)/t15-/m1/s1. The molecule has 1 atom stereocenters. The lowest BCUT2D eigenvalue weighted by atomic mass is 9.91. The highest BCUT2D eigenvalue weighted by atomic mass is 32.1. The average molecular weight is 345 g/mol. The Bertz CT molecular complexity index is 765. The van der Waals surface area contributed by atoms with Gasteiger partial charge in [-0.15, -0.1) is 0 Å². The van der Waals surface area contributed by atoms with Crippen LogP contribution in [0.2, 0.25) is 0 Å². The first-order chi connectivity index (χ1) is 11.5. The summed E-state index contributed by atoms with van der Waals surface area (Å²) in [4.78, 5) is 26.5. The zero-order valence-electron chi connectivity index (χ0n) is 14.1. The number of hydrogen-bond donors (Lipinski definition) is 1. The number of thiophene rings is 1. The molecular formula is C18H23N3O2S. The van der Waals surface area contributed by atoms with Gasteiger partial charge < -0.3 is 14.8 Å². The van der Waals surface area contributed by atoms with E-state index in [2.05, 4.69) is 10.2 Å². The molecule has 1 N–H and O–H groups in total. The Kier molecular flexibility index (Phi) is 5.16. The summed E-state index contributed by atoms with van der Waals surface area (Å²) in [6.45, 7) is 1.55. The maximum atomic E-state index is 12.2. The van der Waals surface area contributed by atoms with E-state index in [1.54, 1.807) is 6.07 Å². The molecule has 0 saturated carbocycles. The molecule has 0 radical (unpaired) electrons. The Hall–Kier alpha value is -1.92. The third kappa shape index (κ3) is 3.76. The first-order valence-corrected chi connectivity index (χ1v) is 9.18. The summed E-state index contributed by atoms with van der Waals surface area (Å²) in [5.41, 5.74) is 3.10. The summed E-state index contributed by atoms with van der Waals surface area (Å²) in [7, 11) is 4.02. The third-order valence-corrected chi connectivity index (χ3v) is 5.16. The number of aromatic nitrogens is 1. The molecule has 0 aliphatic heterocycles. The van der Waals surface area contributed by atoms with Gasteiger partial charge in [0.25, 0.3) is 11.5 Å².